The Hall–Kier alpha value is 1.09. The molecule has 0 aromatic heterocycles. The van der Waals surface area contributed by atoms with Gasteiger partial charge in [-0.15, -0.1) is 0 Å². The normalized spacial score (nSPS) is 10.2. The number of rotatable bonds is 8. The van der Waals surface area contributed by atoms with Crippen molar-refractivity contribution in [1.29, 1.82) is 0 Å². The number of thioether (sulfide) groups is 2. The van der Waals surface area contributed by atoms with Crippen molar-refractivity contribution in [3.05, 3.63) is 0 Å². The van der Waals surface area contributed by atoms with Crippen molar-refractivity contribution in [2.24, 2.45) is 0 Å². The van der Waals surface area contributed by atoms with Gasteiger partial charge in [-0.3, -0.25) is 0 Å². The summed E-state index contributed by atoms with van der Waals surface area (Å²) in [6.07, 6.45) is 5.29. The molecule has 0 N–H and O–H groups in total. The Morgan fingerprint density at radius 3 is 1.75 bits per heavy atom. The summed E-state index contributed by atoms with van der Waals surface area (Å²) >= 11 is 7.09. The van der Waals surface area contributed by atoms with Gasteiger partial charge in [0.15, 0.2) is 0 Å². The maximum atomic E-state index is 3.14. The molecule has 0 aliphatic rings. The van der Waals surface area contributed by atoms with Gasteiger partial charge in [0, 0.05) is 0 Å². The first-order valence-corrected chi connectivity index (χ1v) is 7.43. The topological polar surface area (TPSA) is 0 Å². The van der Waals surface area contributed by atoms with Gasteiger partial charge in [0.25, 0.3) is 0 Å². The van der Waals surface area contributed by atoms with E-state index in [2.05, 4.69) is 29.4 Å². The van der Waals surface area contributed by atoms with E-state index < -0.39 is 0 Å². The first kappa shape index (κ1) is 13.1. The Bertz CT molecular complexity index is 103. The Morgan fingerprint density at radius 1 is 1.00 bits per heavy atom. The Kier molecular flexibility index (Phi) is 11.1. The molecule has 0 rings (SSSR count). The second kappa shape index (κ2) is 10.2. The van der Waals surface area contributed by atoms with E-state index in [9.17, 15) is 0 Å². The molecule has 0 aromatic carbocycles. The molecule has 0 aromatic rings. The van der Waals surface area contributed by atoms with Gasteiger partial charge in [-0.2, -0.15) is 0 Å². The van der Waals surface area contributed by atoms with Crippen molar-refractivity contribution in [2.75, 3.05) is 11.5 Å². The molecule has 0 amide bonds. The Morgan fingerprint density at radius 2 is 1.42 bits per heavy atom. The SMILES string of the molecule is CCCCSC(=[Se])SCCCC. The molecule has 0 nitrogen and oxygen atoms in total. The van der Waals surface area contributed by atoms with E-state index in [0.29, 0.717) is 0 Å². The van der Waals surface area contributed by atoms with E-state index in [1.54, 1.807) is 0 Å². The third-order valence-electron chi connectivity index (χ3n) is 1.44. The summed E-state index contributed by atoms with van der Waals surface area (Å²) in [6, 6.07) is 0. The van der Waals surface area contributed by atoms with Crippen molar-refractivity contribution in [3.63, 3.8) is 0 Å². The second-order valence-corrected chi connectivity index (χ2v) is 7.15. The molecule has 0 heterocycles. The van der Waals surface area contributed by atoms with Crippen LogP contribution in [0.2, 0.25) is 0 Å². The molecular formula is C9H18S2Se. The molecule has 0 bridgehead atoms. The van der Waals surface area contributed by atoms with Gasteiger partial charge < -0.3 is 0 Å². The van der Waals surface area contributed by atoms with Crippen LogP contribution in [0.5, 0.6) is 0 Å². The zero-order valence-corrected chi connectivity index (χ0v) is 11.3. The summed E-state index contributed by atoms with van der Waals surface area (Å²) in [5, 5.41) is 0. The molecule has 0 unspecified atom stereocenters. The van der Waals surface area contributed by atoms with E-state index in [0.717, 1.165) is 0 Å². The molecule has 0 saturated carbocycles. The molecule has 0 saturated heterocycles. The fourth-order valence-corrected chi connectivity index (χ4v) is 3.72. The first-order chi connectivity index (χ1) is 5.81. The molecule has 0 radical (unpaired) electrons. The van der Waals surface area contributed by atoms with Crippen LogP contribution in [-0.2, 0) is 0 Å². The average Bonchev–Trinajstić information content (AvgIpc) is 2.06. The molecule has 0 aliphatic heterocycles. The predicted molar refractivity (Wildman–Crippen MR) is 65.5 cm³/mol. The fraction of sp³-hybridized carbons (Fsp3) is 0.889. The van der Waals surface area contributed by atoms with E-state index in [1.807, 2.05) is 23.5 Å². The average molecular weight is 269 g/mol. The quantitative estimate of drug-likeness (QED) is 0.490. The number of hydrogen-bond acceptors (Lipinski definition) is 2. The van der Waals surface area contributed by atoms with Crippen LogP contribution in [0.1, 0.15) is 39.5 Å². The second-order valence-electron chi connectivity index (χ2n) is 2.65. The molecule has 3 heteroatoms. The zero-order chi connectivity index (χ0) is 9.23. The van der Waals surface area contributed by atoms with Crippen LogP contribution in [0.4, 0.5) is 0 Å². The van der Waals surface area contributed by atoms with Gasteiger partial charge in [-0.1, -0.05) is 0 Å². The molecule has 0 fully saturated rings. The van der Waals surface area contributed by atoms with Crippen molar-refractivity contribution in [3.8, 4) is 0 Å². The van der Waals surface area contributed by atoms with E-state index in [4.69, 9.17) is 0 Å². The summed E-state index contributed by atoms with van der Waals surface area (Å²) in [5.41, 5.74) is 0. The van der Waals surface area contributed by atoms with E-state index >= 15 is 0 Å². The summed E-state index contributed by atoms with van der Waals surface area (Å²) in [7, 11) is 0. The molecule has 12 heavy (non-hydrogen) atoms. The van der Waals surface area contributed by atoms with Gasteiger partial charge in [-0.05, 0) is 0 Å². The maximum absolute atomic E-state index is 3.14. The Balaban J connectivity index is 3.10. The van der Waals surface area contributed by atoms with Gasteiger partial charge in [0.1, 0.15) is 0 Å². The van der Waals surface area contributed by atoms with Gasteiger partial charge >= 0.3 is 93.2 Å². The van der Waals surface area contributed by atoms with Crippen LogP contribution in [0.25, 0.3) is 0 Å². The van der Waals surface area contributed by atoms with Gasteiger partial charge in [-0.25, -0.2) is 0 Å². The van der Waals surface area contributed by atoms with E-state index in [1.165, 1.54) is 40.3 Å². The van der Waals surface area contributed by atoms with E-state index in [-0.39, 0.29) is 0 Å². The van der Waals surface area contributed by atoms with Crippen LogP contribution in [0, 0.1) is 0 Å². The van der Waals surface area contributed by atoms with Crippen LogP contribution in [-0.4, -0.2) is 30.2 Å². The molecule has 72 valence electrons. The van der Waals surface area contributed by atoms with Crippen molar-refractivity contribution in [1.82, 2.24) is 0 Å². The van der Waals surface area contributed by atoms with Crippen LogP contribution >= 0.6 is 23.5 Å². The number of unbranched alkanes of at least 4 members (excludes halogenated alkanes) is 2. The predicted octanol–water partition coefficient (Wildman–Crippen LogP) is 3.31. The third-order valence-corrected chi connectivity index (χ3v) is 5.08. The van der Waals surface area contributed by atoms with Crippen LogP contribution in [0.15, 0.2) is 0 Å². The minimum atomic E-state index is 1.28. The van der Waals surface area contributed by atoms with Crippen molar-refractivity contribution >= 4 is 42.2 Å². The molecule has 0 aliphatic carbocycles. The molecule has 0 spiro atoms. The fourth-order valence-electron chi connectivity index (χ4n) is 0.641. The molecular weight excluding hydrogens is 251 g/mol. The van der Waals surface area contributed by atoms with Gasteiger partial charge in [0.05, 0.1) is 0 Å². The zero-order valence-electron chi connectivity index (χ0n) is 7.97. The first-order valence-electron chi connectivity index (χ1n) is 4.60. The summed E-state index contributed by atoms with van der Waals surface area (Å²) in [5.74, 6) is 2.55. The third kappa shape index (κ3) is 9.18. The summed E-state index contributed by atoms with van der Waals surface area (Å²) < 4.78 is 1.43. The summed E-state index contributed by atoms with van der Waals surface area (Å²) in [4.78, 5) is 0. The van der Waals surface area contributed by atoms with Gasteiger partial charge in [0.2, 0.25) is 0 Å². The van der Waals surface area contributed by atoms with Crippen LogP contribution < -0.4 is 0 Å². The standard InChI is InChI=1S/C9H18S2Se/c1-3-5-7-10-9(12)11-8-6-4-2/h3-8H2,1-2H3. The van der Waals surface area contributed by atoms with Crippen molar-refractivity contribution < 1.29 is 0 Å². The molecule has 0 atom stereocenters. The Labute approximate surface area is 93.0 Å². The monoisotopic (exact) mass is 270 g/mol. The van der Waals surface area contributed by atoms with Crippen molar-refractivity contribution in [2.45, 2.75) is 39.5 Å². The summed E-state index contributed by atoms with van der Waals surface area (Å²) in [6.45, 7) is 4.48. The minimum absolute atomic E-state index is 1.28. The van der Waals surface area contributed by atoms with Crippen LogP contribution in [0.3, 0.4) is 0 Å². The number of hydrogen-bond donors (Lipinski definition) is 0.